The third kappa shape index (κ3) is 6.68. The van der Waals surface area contributed by atoms with E-state index in [2.05, 4.69) is 16.0 Å². The Morgan fingerprint density at radius 2 is 1.51 bits per heavy atom. The molecule has 0 aromatic heterocycles. The van der Waals surface area contributed by atoms with E-state index < -0.39 is 10.8 Å². The first-order valence-corrected chi connectivity index (χ1v) is 12.3. The van der Waals surface area contributed by atoms with Crippen molar-refractivity contribution in [1.82, 2.24) is 5.32 Å². The molecule has 190 valence electrons. The summed E-state index contributed by atoms with van der Waals surface area (Å²) < 4.78 is 0. The van der Waals surface area contributed by atoms with E-state index in [1.54, 1.807) is 42.5 Å². The predicted molar refractivity (Wildman–Crippen MR) is 148 cm³/mol. The molecule has 3 aromatic carbocycles. The number of rotatable bonds is 6. The molecular formula is C27H27N5O4S. The molecular weight excluding hydrogens is 490 g/mol. The average molecular weight is 518 g/mol. The first-order valence-electron chi connectivity index (χ1n) is 11.9. The molecule has 3 N–H and O–H groups in total. The topological polar surface area (TPSA) is 117 Å². The SMILES string of the molecule is Cc1cccc(C(=O)Nc2ccc(NC(=S)NC(=O)c3ccc(N4CCCCC4)c([N+](=O)[O-])c3)cc2)c1. The van der Waals surface area contributed by atoms with Crippen molar-refractivity contribution >= 4 is 51.9 Å². The van der Waals surface area contributed by atoms with Gasteiger partial charge in [-0.3, -0.25) is 25.0 Å². The Bertz CT molecular complexity index is 1340. The molecule has 2 amide bonds. The number of benzene rings is 3. The number of nitro benzene ring substituents is 1. The maximum atomic E-state index is 12.7. The van der Waals surface area contributed by atoms with E-state index in [4.69, 9.17) is 12.2 Å². The Morgan fingerprint density at radius 3 is 2.16 bits per heavy atom. The summed E-state index contributed by atoms with van der Waals surface area (Å²) in [4.78, 5) is 38.3. The van der Waals surface area contributed by atoms with Gasteiger partial charge in [-0.15, -0.1) is 0 Å². The molecule has 0 saturated carbocycles. The summed E-state index contributed by atoms with van der Waals surface area (Å²) in [6, 6.07) is 18.6. The monoisotopic (exact) mass is 517 g/mol. The number of thiocarbonyl (C=S) groups is 1. The van der Waals surface area contributed by atoms with Gasteiger partial charge >= 0.3 is 0 Å². The Labute approximate surface area is 220 Å². The second-order valence-corrected chi connectivity index (χ2v) is 9.23. The molecule has 9 nitrogen and oxygen atoms in total. The number of carbonyl (C=O) groups is 2. The number of anilines is 3. The molecule has 1 saturated heterocycles. The van der Waals surface area contributed by atoms with Gasteiger partial charge in [0.1, 0.15) is 5.69 Å². The van der Waals surface area contributed by atoms with Crippen LogP contribution in [-0.4, -0.2) is 34.9 Å². The maximum Gasteiger partial charge on any atom is 0.293 e. The van der Waals surface area contributed by atoms with Gasteiger partial charge < -0.3 is 15.5 Å². The van der Waals surface area contributed by atoms with Gasteiger partial charge in [0.2, 0.25) is 0 Å². The van der Waals surface area contributed by atoms with Crippen LogP contribution in [0.3, 0.4) is 0 Å². The van der Waals surface area contributed by atoms with Crippen molar-refractivity contribution < 1.29 is 14.5 Å². The molecule has 10 heteroatoms. The number of piperidine rings is 1. The molecule has 0 radical (unpaired) electrons. The number of nitro groups is 1. The van der Waals surface area contributed by atoms with Gasteiger partial charge in [0.25, 0.3) is 17.5 Å². The number of nitrogens with zero attached hydrogens (tertiary/aromatic N) is 2. The highest BCUT2D eigenvalue weighted by Crippen LogP contribution is 2.31. The molecule has 37 heavy (non-hydrogen) atoms. The molecule has 0 bridgehead atoms. The van der Waals surface area contributed by atoms with Gasteiger partial charge in [-0.1, -0.05) is 17.7 Å². The van der Waals surface area contributed by atoms with Crippen LogP contribution >= 0.6 is 12.2 Å². The summed E-state index contributed by atoms with van der Waals surface area (Å²) in [6.45, 7) is 3.44. The molecule has 3 aromatic rings. The van der Waals surface area contributed by atoms with Crippen molar-refractivity contribution in [3.8, 4) is 0 Å². The van der Waals surface area contributed by atoms with Crippen LogP contribution in [0.25, 0.3) is 0 Å². The van der Waals surface area contributed by atoms with Gasteiger partial charge in [0.15, 0.2) is 5.11 Å². The maximum absolute atomic E-state index is 12.7. The number of carbonyl (C=O) groups excluding carboxylic acids is 2. The van der Waals surface area contributed by atoms with Crippen molar-refractivity contribution in [3.05, 3.63) is 93.5 Å². The second kappa shape index (κ2) is 11.6. The van der Waals surface area contributed by atoms with E-state index in [1.165, 1.54) is 6.07 Å². The van der Waals surface area contributed by atoms with Crippen LogP contribution < -0.4 is 20.9 Å². The normalized spacial score (nSPS) is 12.9. The van der Waals surface area contributed by atoms with Crippen LogP contribution in [0.4, 0.5) is 22.7 Å². The standard InChI is InChI=1S/C27H27N5O4S/c1-18-6-5-7-19(16-18)25(33)28-21-9-11-22(12-10-21)29-27(37)30-26(34)20-8-13-23(24(17-20)32(35)36)31-14-3-2-4-15-31/h5-13,16-17H,2-4,14-15H2,1H3,(H,28,33)(H2,29,30,34,37). The lowest BCUT2D eigenvalue weighted by Crippen LogP contribution is -2.34. The summed E-state index contributed by atoms with van der Waals surface area (Å²) in [7, 11) is 0. The number of hydrogen-bond acceptors (Lipinski definition) is 6. The molecule has 0 unspecified atom stereocenters. The summed E-state index contributed by atoms with van der Waals surface area (Å²) >= 11 is 5.25. The second-order valence-electron chi connectivity index (χ2n) is 8.82. The van der Waals surface area contributed by atoms with Crippen LogP contribution in [-0.2, 0) is 0 Å². The molecule has 0 aliphatic carbocycles. The Hall–Kier alpha value is -4.31. The quantitative estimate of drug-likeness (QED) is 0.232. The average Bonchev–Trinajstić information content (AvgIpc) is 2.89. The Morgan fingerprint density at radius 1 is 0.865 bits per heavy atom. The van der Waals surface area contributed by atoms with E-state index in [0.29, 0.717) is 22.6 Å². The van der Waals surface area contributed by atoms with Crippen LogP contribution in [0, 0.1) is 17.0 Å². The van der Waals surface area contributed by atoms with E-state index in [0.717, 1.165) is 37.9 Å². The fraction of sp³-hybridized carbons (Fsp3) is 0.222. The van der Waals surface area contributed by atoms with E-state index >= 15 is 0 Å². The smallest absolute Gasteiger partial charge is 0.293 e. The van der Waals surface area contributed by atoms with Gasteiger partial charge in [-0.25, -0.2) is 0 Å². The molecule has 0 atom stereocenters. The van der Waals surface area contributed by atoms with E-state index in [1.807, 2.05) is 30.0 Å². The van der Waals surface area contributed by atoms with E-state index in [-0.39, 0.29) is 22.3 Å². The molecule has 1 aliphatic heterocycles. The Balaban J connectivity index is 1.36. The van der Waals surface area contributed by atoms with Crippen LogP contribution in [0.2, 0.25) is 0 Å². The summed E-state index contributed by atoms with van der Waals surface area (Å²) in [5, 5.41) is 20.0. The summed E-state index contributed by atoms with van der Waals surface area (Å²) in [6.07, 6.45) is 3.08. The van der Waals surface area contributed by atoms with Crippen molar-refractivity contribution in [1.29, 1.82) is 0 Å². The Kier molecular flexibility index (Phi) is 8.09. The highest BCUT2D eigenvalue weighted by molar-refractivity contribution is 7.80. The minimum absolute atomic E-state index is 0.0457. The van der Waals surface area contributed by atoms with E-state index in [9.17, 15) is 19.7 Å². The lowest BCUT2D eigenvalue weighted by Gasteiger charge is -2.28. The largest absolute Gasteiger partial charge is 0.366 e. The van der Waals surface area contributed by atoms with Crippen molar-refractivity contribution in [3.63, 3.8) is 0 Å². The first kappa shape index (κ1) is 25.8. The van der Waals surface area contributed by atoms with Crippen molar-refractivity contribution in [2.45, 2.75) is 26.2 Å². The fourth-order valence-corrected chi connectivity index (χ4v) is 4.39. The fourth-order valence-electron chi connectivity index (χ4n) is 4.18. The minimum atomic E-state index is -0.548. The third-order valence-corrected chi connectivity index (χ3v) is 6.24. The predicted octanol–water partition coefficient (Wildman–Crippen LogP) is 5.27. The number of hydrogen-bond donors (Lipinski definition) is 3. The van der Waals surface area contributed by atoms with Gasteiger partial charge in [0.05, 0.1) is 4.92 Å². The van der Waals surface area contributed by atoms with Gasteiger partial charge in [0, 0.05) is 41.7 Å². The van der Waals surface area contributed by atoms with Gasteiger partial charge in [-0.05, 0) is 86.9 Å². The molecule has 0 spiro atoms. The zero-order valence-electron chi connectivity index (χ0n) is 20.3. The lowest BCUT2D eigenvalue weighted by molar-refractivity contribution is -0.384. The lowest BCUT2D eigenvalue weighted by atomic mass is 10.1. The number of aryl methyl sites for hydroxylation is 1. The van der Waals surface area contributed by atoms with Crippen molar-refractivity contribution in [2.24, 2.45) is 0 Å². The summed E-state index contributed by atoms with van der Waals surface area (Å²) in [5.74, 6) is -0.763. The highest BCUT2D eigenvalue weighted by Gasteiger charge is 2.23. The zero-order chi connectivity index (χ0) is 26.4. The van der Waals surface area contributed by atoms with Crippen LogP contribution in [0.5, 0.6) is 0 Å². The molecule has 4 rings (SSSR count). The zero-order valence-corrected chi connectivity index (χ0v) is 21.1. The highest BCUT2D eigenvalue weighted by atomic mass is 32.1. The van der Waals surface area contributed by atoms with Crippen molar-refractivity contribution in [2.75, 3.05) is 28.6 Å². The van der Waals surface area contributed by atoms with Gasteiger partial charge in [-0.2, -0.15) is 0 Å². The number of nitrogens with one attached hydrogen (secondary N) is 3. The molecule has 1 aliphatic rings. The number of amides is 2. The van der Waals surface area contributed by atoms with Crippen LogP contribution in [0.15, 0.2) is 66.7 Å². The summed E-state index contributed by atoms with van der Waals surface area (Å²) in [5.41, 5.74) is 3.34. The third-order valence-electron chi connectivity index (χ3n) is 6.04. The minimum Gasteiger partial charge on any atom is -0.366 e. The van der Waals surface area contributed by atoms with Crippen LogP contribution in [0.1, 0.15) is 45.5 Å². The molecule has 1 heterocycles. The molecule has 1 fully saturated rings. The first-order chi connectivity index (χ1) is 17.8.